The molecule has 6 heteroatoms. The minimum absolute atomic E-state index is 0.254. The summed E-state index contributed by atoms with van der Waals surface area (Å²) in [5, 5.41) is 12.6. The van der Waals surface area contributed by atoms with Crippen LogP contribution in [-0.2, 0) is 6.61 Å². The molecule has 0 aliphatic carbocycles. The highest BCUT2D eigenvalue weighted by molar-refractivity contribution is 14.1. The summed E-state index contributed by atoms with van der Waals surface area (Å²) in [4.78, 5) is 4.67. The first-order valence-electron chi connectivity index (χ1n) is 13.9. The lowest BCUT2D eigenvalue weighted by molar-refractivity contribution is 0.268. The third-order valence-corrected chi connectivity index (χ3v) is 7.82. The van der Waals surface area contributed by atoms with Gasteiger partial charge in [0.15, 0.2) is 11.5 Å². The Morgan fingerprint density at radius 1 is 0.837 bits per heavy atom. The fraction of sp³-hybridized carbons (Fsp3) is 0.0811. The summed E-state index contributed by atoms with van der Waals surface area (Å²) in [5.41, 5.74) is 4.78. The van der Waals surface area contributed by atoms with E-state index >= 15 is 0 Å². The van der Waals surface area contributed by atoms with Crippen LogP contribution in [0.1, 0.15) is 23.6 Å². The molecule has 210 valence electrons. The number of hydrogen-bond acceptors (Lipinski definition) is 5. The lowest BCUT2D eigenvalue weighted by Gasteiger charge is -2.15. The topological polar surface area (TPSA) is 67.8 Å². The maximum Gasteiger partial charge on any atom is 0.238 e. The smallest absolute Gasteiger partial charge is 0.238 e. The van der Waals surface area contributed by atoms with E-state index in [9.17, 15) is 5.26 Å². The van der Waals surface area contributed by atoms with Gasteiger partial charge in [0.1, 0.15) is 24.0 Å². The average molecular weight is 675 g/mol. The summed E-state index contributed by atoms with van der Waals surface area (Å²) in [6, 6.07) is 40.3. The van der Waals surface area contributed by atoms with Crippen LogP contribution in [0.5, 0.6) is 11.5 Å². The Morgan fingerprint density at radius 2 is 1.53 bits per heavy atom. The highest BCUT2D eigenvalue weighted by Crippen LogP contribution is 2.42. The molecule has 5 aromatic carbocycles. The van der Waals surface area contributed by atoms with Gasteiger partial charge < -0.3 is 13.9 Å². The van der Waals surface area contributed by atoms with Crippen LogP contribution >= 0.6 is 22.6 Å². The molecule has 43 heavy (non-hydrogen) atoms. The normalized spacial score (nSPS) is 11.1. The van der Waals surface area contributed by atoms with Crippen molar-refractivity contribution in [2.24, 2.45) is 4.99 Å². The number of nitrogens with zero attached hydrogens (tertiary/aromatic N) is 2. The first kappa shape index (κ1) is 28.3. The van der Waals surface area contributed by atoms with Crippen molar-refractivity contribution in [2.45, 2.75) is 13.5 Å². The molecule has 1 heterocycles. The first-order chi connectivity index (χ1) is 21.2. The summed E-state index contributed by atoms with van der Waals surface area (Å²) >= 11 is 2.26. The van der Waals surface area contributed by atoms with E-state index in [1.807, 2.05) is 97.9 Å². The van der Waals surface area contributed by atoms with Crippen LogP contribution in [0.2, 0.25) is 0 Å². The minimum Gasteiger partial charge on any atom is -0.490 e. The number of hydrogen-bond donors (Lipinski definition) is 0. The predicted molar refractivity (Wildman–Crippen MR) is 180 cm³/mol. The van der Waals surface area contributed by atoms with Crippen LogP contribution < -0.4 is 9.47 Å². The standard InChI is InChI=1S/C37H27IN2O3/c1-2-41-33-21-25(20-32(38)36(33)42-24-29-18-11-17-26-12-9-10-19-30(26)29)23-40-37-31(22-39)34(27-13-5-3-6-14-27)35(43-37)28-15-7-4-8-16-28/h3-21,23H,2,24H2,1H3. The van der Waals surface area contributed by atoms with Gasteiger partial charge in [0.05, 0.1) is 10.2 Å². The van der Waals surface area contributed by atoms with E-state index in [4.69, 9.17) is 13.9 Å². The molecule has 0 aliphatic heterocycles. The quantitative estimate of drug-likeness (QED) is 0.113. The van der Waals surface area contributed by atoms with Crippen LogP contribution in [0, 0.1) is 14.9 Å². The van der Waals surface area contributed by atoms with E-state index in [1.54, 1.807) is 6.21 Å². The van der Waals surface area contributed by atoms with Crippen molar-refractivity contribution in [1.82, 2.24) is 0 Å². The maximum atomic E-state index is 10.2. The molecule has 0 bridgehead atoms. The van der Waals surface area contributed by atoms with Crippen LogP contribution in [0.3, 0.4) is 0 Å². The Kier molecular flexibility index (Phi) is 8.52. The number of nitriles is 1. The van der Waals surface area contributed by atoms with Gasteiger partial charge in [-0.25, -0.2) is 4.99 Å². The highest BCUT2D eigenvalue weighted by Gasteiger charge is 2.22. The molecule has 5 nitrogen and oxygen atoms in total. The van der Waals surface area contributed by atoms with Crippen LogP contribution in [-0.4, -0.2) is 12.8 Å². The van der Waals surface area contributed by atoms with Crippen molar-refractivity contribution in [3.05, 3.63) is 136 Å². The van der Waals surface area contributed by atoms with Gasteiger partial charge in [-0.2, -0.15) is 5.26 Å². The molecule has 6 rings (SSSR count). The van der Waals surface area contributed by atoms with Gasteiger partial charge >= 0.3 is 0 Å². The molecule has 0 spiro atoms. The third-order valence-electron chi connectivity index (χ3n) is 7.01. The van der Waals surface area contributed by atoms with E-state index in [2.05, 4.69) is 57.9 Å². The van der Waals surface area contributed by atoms with Gasteiger partial charge in [-0.1, -0.05) is 103 Å². The van der Waals surface area contributed by atoms with Crippen molar-refractivity contribution >= 4 is 45.5 Å². The van der Waals surface area contributed by atoms with E-state index in [0.717, 1.165) is 31.4 Å². The molecule has 0 fully saturated rings. The summed E-state index contributed by atoms with van der Waals surface area (Å²) in [6.45, 7) is 2.84. The summed E-state index contributed by atoms with van der Waals surface area (Å²) in [7, 11) is 0. The third kappa shape index (κ3) is 6.04. The van der Waals surface area contributed by atoms with Gasteiger partial charge in [0.2, 0.25) is 5.88 Å². The molecule has 0 N–H and O–H groups in total. The second-order valence-electron chi connectivity index (χ2n) is 9.78. The largest absolute Gasteiger partial charge is 0.490 e. The van der Waals surface area contributed by atoms with E-state index in [0.29, 0.717) is 36.0 Å². The highest BCUT2D eigenvalue weighted by atomic mass is 127. The number of fused-ring (bicyclic) bond motifs is 1. The molecular weight excluding hydrogens is 647 g/mol. The molecule has 0 unspecified atom stereocenters. The zero-order chi connectivity index (χ0) is 29.6. The van der Waals surface area contributed by atoms with E-state index < -0.39 is 0 Å². The van der Waals surface area contributed by atoms with Crippen LogP contribution in [0.15, 0.2) is 125 Å². The summed E-state index contributed by atoms with van der Waals surface area (Å²) < 4.78 is 19.5. The van der Waals surface area contributed by atoms with Crippen molar-refractivity contribution in [3.63, 3.8) is 0 Å². The van der Waals surface area contributed by atoms with Crippen molar-refractivity contribution in [2.75, 3.05) is 6.61 Å². The maximum absolute atomic E-state index is 10.2. The molecule has 0 saturated heterocycles. The molecular formula is C37H27IN2O3. The SMILES string of the molecule is CCOc1cc(C=Nc2oc(-c3ccccc3)c(-c3ccccc3)c2C#N)cc(I)c1OCc1cccc2ccccc12. The van der Waals surface area contributed by atoms with E-state index in [1.165, 1.54) is 10.8 Å². The van der Waals surface area contributed by atoms with Crippen LogP contribution in [0.25, 0.3) is 33.2 Å². The number of furan rings is 1. The Bertz CT molecular complexity index is 1950. The number of rotatable bonds is 9. The fourth-order valence-electron chi connectivity index (χ4n) is 5.05. The molecule has 0 amide bonds. The van der Waals surface area contributed by atoms with Gasteiger partial charge in [0.25, 0.3) is 0 Å². The molecule has 1 aromatic heterocycles. The fourth-order valence-corrected chi connectivity index (χ4v) is 5.83. The Hall–Kier alpha value is -4.87. The molecule has 0 saturated carbocycles. The van der Waals surface area contributed by atoms with E-state index in [-0.39, 0.29) is 5.88 Å². The van der Waals surface area contributed by atoms with Gasteiger partial charge in [-0.3, -0.25) is 0 Å². The molecule has 0 radical (unpaired) electrons. The monoisotopic (exact) mass is 674 g/mol. The van der Waals surface area contributed by atoms with Crippen molar-refractivity contribution in [3.8, 4) is 40.0 Å². The Labute approximate surface area is 264 Å². The summed E-state index contributed by atoms with van der Waals surface area (Å²) in [6.07, 6.45) is 1.70. The number of aliphatic imine (C=N–C) groups is 1. The lowest BCUT2D eigenvalue weighted by Crippen LogP contribution is -2.03. The van der Waals surface area contributed by atoms with Gasteiger partial charge in [-0.05, 0) is 69.1 Å². The minimum atomic E-state index is 0.254. The first-order valence-corrected chi connectivity index (χ1v) is 15.0. The number of ether oxygens (including phenoxy) is 2. The number of halogens is 1. The van der Waals surface area contributed by atoms with Crippen molar-refractivity contribution < 1.29 is 13.9 Å². The Morgan fingerprint density at radius 3 is 2.28 bits per heavy atom. The van der Waals surface area contributed by atoms with Gasteiger partial charge in [-0.15, -0.1) is 0 Å². The lowest BCUT2D eigenvalue weighted by atomic mass is 9.98. The zero-order valence-electron chi connectivity index (χ0n) is 23.5. The number of benzene rings is 5. The zero-order valence-corrected chi connectivity index (χ0v) is 25.6. The Balaban J connectivity index is 1.34. The summed E-state index contributed by atoms with van der Waals surface area (Å²) in [5.74, 6) is 2.17. The molecule has 6 aromatic rings. The molecule has 0 aliphatic rings. The second-order valence-corrected chi connectivity index (χ2v) is 10.9. The van der Waals surface area contributed by atoms with Crippen molar-refractivity contribution in [1.29, 1.82) is 5.26 Å². The average Bonchev–Trinajstić information content (AvgIpc) is 3.43. The predicted octanol–water partition coefficient (Wildman–Crippen LogP) is 9.97. The van der Waals surface area contributed by atoms with Gasteiger partial charge in [0, 0.05) is 17.3 Å². The second kappa shape index (κ2) is 13.0. The van der Waals surface area contributed by atoms with Crippen LogP contribution in [0.4, 0.5) is 5.88 Å². The molecule has 0 atom stereocenters.